The van der Waals surface area contributed by atoms with Gasteiger partial charge in [-0.15, -0.1) is 0 Å². The lowest BCUT2D eigenvalue weighted by Gasteiger charge is -1.94. The van der Waals surface area contributed by atoms with E-state index < -0.39 is 0 Å². The van der Waals surface area contributed by atoms with Crippen molar-refractivity contribution in [1.29, 1.82) is 0 Å². The molecule has 68 valence electrons. The van der Waals surface area contributed by atoms with E-state index >= 15 is 0 Å². The summed E-state index contributed by atoms with van der Waals surface area (Å²) in [7, 11) is 1.88. The standard InChI is InChI=1S/C9H11N3O/c1-12-6-7(5-11-12)8-2-3-13-9(8)4-10/h2-3,5-6H,4,10H2,1H3. The van der Waals surface area contributed by atoms with Crippen molar-refractivity contribution in [1.82, 2.24) is 9.78 Å². The van der Waals surface area contributed by atoms with Gasteiger partial charge in [0.25, 0.3) is 0 Å². The molecule has 0 aromatic carbocycles. The molecule has 0 aliphatic rings. The van der Waals surface area contributed by atoms with E-state index in [1.165, 1.54) is 0 Å². The largest absolute Gasteiger partial charge is 0.467 e. The maximum absolute atomic E-state index is 5.52. The molecule has 4 nitrogen and oxygen atoms in total. The Kier molecular flexibility index (Phi) is 1.90. The van der Waals surface area contributed by atoms with Gasteiger partial charge < -0.3 is 10.2 Å². The molecule has 0 saturated carbocycles. The molecular formula is C9H11N3O. The van der Waals surface area contributed by atoms with Crippen LogP contribution < -0.4 is 5.73 Å². The Hall–Kier alpha value is -1.55. The molecule has 2 aromatic heterocycles. The highest BCUT2D eigenvalue weighted by molar-refractivity contribution is 5.63. The fourth-order valence-corrected chi connectivity index (χ4v) is 1.32. The minimum Gasteiger partial charge on any atom is -0.467 e. The second-order valence-electron chi connectivity index (χ2n) is 2.86. The Balaban J connectivity index is 2.45. The van der Waals surface area contributed by atoms with Gasteiger partial charge >= 0.3 is 0 Å². The van der Waals surface area contributed by atoms with Crippen molar-refractivity contribution >= 4 is 0 Å². The van der Waals surface area contributed by atoms with Crippen LogP contribution in [-0.2, 0) is 13.6 Å². The Morgan fingerprint density at radius 2 is 2.46 bits per heavy atom. The number of hydrogen-bond donors (Lipinski definition) is 1. The van der Waals surface area contributed by atoms with Gasteiger partial charge in [0.1, 0.15) is 5.76 Å². The maximum Gasteiger partial charge on any atom is 0.125 e. The highest BCUT2D eigenvalue weighted by atomic mass is 16.3. The predicted octanol–water partition coefficient (Wildman–Crippen LogP) is 1.14. The topological polar surface area (TPSA) is 57.0 Å². The molecule has 0 fully saturated rings. The smallest absolute Gasteiger partial charge is 0.125 e. The first-order valence-electron chi connectivity index (χ1n) is 4.06. The van der Waals surface area contributed by atoms with Crippen LogP contribution in [-0.4, -0.2) is 9.78 Å². The van der Waals surface area contributed by atoms with Crippen LogP contribution in [0.4, 0.5) is 0 Å². The summed E-state index contributed by atoms with van der Waals surface area (Å²) < 4.78 is 6.97. The van der Waals surface area contributed by atoms with Gasteiger partial charge in [-0.05, 0) is 6.07 Å². The molecule has 0 radical (unpaired) electrons. The van der Waals surface area contributed by atoms with Crippen LogP contribution in [0.1, 0.15) is 5.76 Å². The highest BCUT2D eigenvalue weighted by Gasteiger charge is 2.07. The van der Waals surface area contributed by atoms with Gasteiger partial charge in [0, 0.05) is 24.4 Å². The lowest BCUT2D eigenvalue weighted by Crippen LogP contribution is -1.95. The summed E-state index contributed by atoms with van der Waals surface area (Å²) in [4.78, 5) is 0. The van der Waals surface area contributed by atoms with E-state index in [0.29, 0.717) is 6.54 Å². The van der Waals surface area contributed by atoms with Gasteiger partial charge in [-0.1, -0.05) is 0 Å². The van der Waals surface area contributed by atoms with E-state index in [1.807, 2.05) is 19.3 Å². The Labute approximate surface area is 76.0 Å². The molecule has 0 spiro atoms. The minimum atomic E-state index is 0.414. The fraction of sp³-hybridized carbons (Fsp3) is 0.222. The van der Waals surface area contributed by atoms with Crippen LogP contribution in [0.5, 0.6) is 0 Å². The van der Waals surface area contributed by atoms with Crippen LogP contribution >= 0.6 is 0 Å². The van der Waals surface area contributed by atoms with Gasteiger partial charge in [-0.25, -0.2) is 0 Å². The summed E-state index contributed by atoms with van der Waals surface area (Å²) in [5, 5.41) is 4.08. The van der Waals surface area contributed by atoms with E-state index in [4.69, 9.17) is 10.2 Å². The molecule has 0 aliphatic carbocycles. The molecule has 0 aliphatic heterocycles. The lowest BCUT2D eigenvalue weighted by molar-refractivity contribution is 0.513. The van der Waals surface area contributed by atoms with Crippen molar-refractivity contribution in [2.45, 2.75) is 6.54 Å². The summed E-state index contributed by atoms with van der Waals surface area (Å²) in [6, 6.07) is 1.90. The van der Waals surface area contributed by atoms with Gasteiger partial charge in [-0.3, -0.25) is 4.68 Å². The third kappa shape index (κ3) is 1.36. The molecule has 2 rings (SSSR count). The summed E-state index contributed by atoms with van der Waals surface area (Å²) in [6.07, 6.45) is 5.37. The molecule has 2 N–H and O–H groups in total. The van der Waals surface area contributed by atoms with Crippen molar-refractivity contribution < 1.29 is 4.42 Å². The van der Waals surface area contributed by atoms with Crippen LogP contribution in [0.25, 0.3) is 11.1 Å². The number of furan rings is 1. The number of nitrogens with zero attached hydrogens (tertiary/aromatic N) is 2. The molecule has 2 heterocycles. The minimum absolute atomic E-state index is 0.414. The van der Waals surface area contributed by atoms with Crippen molar-refractivity contribution in [3.63, 3.8) is 0 Å². The fourth-order valence-electron chi connectivity index (χ4n) is 1.32. The van der Waals surface area contributed by atoms with Gasteiger partial charge in [0.05, 0.1) is 19.0 Å². The van der Waals surface area contributed by atoms with E-state index in [9.17, 15) is 0 Å². The zero-order valence-electron chi connectivity index (χ0n) is 7.40. The molecule has 0 saturated heterocycles. The molecule has 0 amide bonds. The number of rotatable bonds is 2. The number of aromatic nitrogens is 2. The molecule has 13 heavy (non-hydrogen) atoms. The molecule has 4 heteroatoms. The first kappa shape index (κ1) is 8.07. The third-order valence-corrected chi connectivity index (χ3v) is 1.95. The first-order chi connectivity index (χ1) is 6.31. The van der Waals surface area contributed by atoms with E-state index in [-0.39, 0.29) is 0 Å². The molecular weight excluding hydrogens is 166 g/mol. The zero-order valence-corrected chi connectivity index (χ0v) is 7.40. The second-order valence-corrected chi connectivity index (χ2v) is 2.86. The molecule has 0 bridgehead atoms. The van der Waals surface area contributed by atoms with Gasteiger partial charge in [0.2, 0.25) is 0 Å². The Morgan fingerprint density at radius 1 is 1.62 bits per heavy atom. The lowest BCUT2D eigenvalue weighted by atomic mass is 10.1. The van der Waals surface area contributed by atoms with Crippen LogP contribution in [0.2, 0.25) is 0 Å². The normalized spacial score (nSPS) is 10.6. The van der Waals surface area contributed by atoms with Crippen LogP contribution in [0.15, 0.2) is 29.1 Å². The van der Waals surface area contributed by atoms with Crippen molar-refractivity contribution in [3.05, 3.63) is 30.5 Å². The van der Waals surface area contributed by atoms with E-state index in [1.54, 1.807) is 17.1 Å². The summed E-state index contributed by atoms with van der Waals surface area (Å²) in [5.74, 6) is 0.799. The Morgan fingerprint density at radius 3 is 3.08 bits per heavy atom. The van der Waals surface area contributed by atoms with Crippen molar-refractivity contribution in [3.8, 4) is 11.1 Å². The molecule has 0 atom stereocenters. The zero-order chi connectivity index (χ0) is 9.26. The average molecular weight is 177 g/mol. The summed E-state index contributed by atoms with van der Waals surface area (Å²) in [6.45, 7) is 0.414. The van der Waals surface area contributed by atoms with Crippen molar-refractivity contribution in [2.75, 3.05) is 0 Å². The highest BCUT2D eigenvalue weighted by Crippen LogP contribution is 2.23. The molecule has 2 aromatic rings. The SMILES string of the molecule is Cn1cc(-c2ccoc2CN)cn1. The first-order valence-corrected chi connectivity index (χ1v) is 4.06. The molecule has 0 unspecified atom stereocenters. The van der Waals surface area contributed by atoms with Crippen molar-refractivity contribution in [2.24, 2.45) is 12.8 Å². The van der Waals surface area contributed by atoms with Gasteiger partial charge in [-0.2, -0.15) is 5.10 Å². The monoisotopic (exact) mass is 177 g/mol. The maximum atomic E-state index is 5.52. The second kappa shape index (κ2) is 3.06. The van der Waals surface area contributed by atoms with Crippen LogP contribution in [0.3, 0.4) is 0 Å². The van der Waals surface area contributed by atoms with Crippen LogP contribution in [0, 0.1) is 0 Å². The average Bonchev–Trinajstić information content (AvgIpc) is 2.71. The Bertz CT molecular complexity index is 402. The van der Waals surface area contributed by atoms with E-state index in [0.717, 1.165) is 16.9 Å². The summed E-state index contributed by atoms with van der Waals surface area (Å²) in [5.41, 5.74) is 7.58. The number of nitrogens with two attached hydrogens (primary N) is 1. The number of hydrogen-bond acceptors (Lipinski definition) is 3. The third-order valence-electron chi connectivity index (χ3n) is 1.95. The predicted molar refractivity (Wildman–Crippen MR) is 48.8 cm³/mol. The van der Waals surface area contributed by atoms with E-state index in [2.05, 4.69) is 5.10 Å². The quantitative estimate of drug-likeness (QED) is 0.748. The number of aryl methyl sites for hydroxylation is 1. The summed E-state index contributed by atoms with van der Waals surface area (Å²) >= 11 is 0. The van der Waals surface area contributed by atoms with Gasteiger partial charge in [0.15, 0.2) is 0 Å².